The van der Waals surface area contributed by atoms with Crippen LogP contribution in [0.3, 0.4) is 0 Å². The zero-order valence-electron chi connectivity index (χ0n) is 9.00. The van der Waals surface area contributed by atoms with Crippen molar-refractivity contribution in [2.24, 2.45) is 5.92 Å². The van der Waals surface area contributed by atoms with Gasteiger partial charge in [0, 0.05) is 17.0 Å². The van der Waals surface area contributed by atoms with Gasteiger partial charge in [0.25, 0.3) is 0 Å². The van der Waals surface area contributed by atoms with E-state index in [1.54, 1.807) is 11.3 Å². The van der Waals surface area contributed by atoms with Crippen molar-refractivity contribution in [3.8, 4) is 0 Å². The maximum Gasteiger partial charge on any atom is 0.223 e. The average molecular weight is 212 g/mol. The van der Waals surface area contributed by atoms with Crippen molar-refractivity contribution in [3.63, 3.8) is 0 Å². The number of aromatic nitrogens is 1. The highest BCUT2D eigenvalue weighted by Gasteiger charge is 2.14. The molecule has 1 amide bonds. The largest absolute Gasteiger partial charge is 0.347 e. The van der Waals surface area contributed by atoms with Crippen molar-refractivity contribution in [1.82, 2.24) is 10.3 Å². The molecule has 0 saturated carbocycles. The van der Waals surface area contributed by atoms with Gasteiger partial charge in [0.15, 0.2) is 0 Å². The lowest BCUT2D eigenvalue weighted by Gasteiger charge is -2.12. The number of hydrogen-bond acceptors (Lipinski definition) is 3. The van der Waals surface area contributed by atoms with Gasteiger partial charge in [-0.1, -0.05) is 13.8 Å². The summed E-state index contributed by atoms with van der Waals surface area (Å²) in [4.78, 5) is 16.8. The summed E-state index contributed by atoms with van der Waals surface area (Å²) in [5.74, 6) is 0.101. The normalized spacial score (nSPS) is 12.9. The van der Waals surface area contributed by atoms with Gasteiger partial charge in [0.1, 0.15) is 5.01 Å². The van der Waals surface area contributed by atoms with Gasteiger partial charge < -0.3 is 5.32 Å². The summed E-state index contributed by atoms with van der Waals surface area (Å²) >= 11 is 1.62. The highest BCUT2D eigenvalue weighted by molar-refractivity contribution is 7.11. The Morgan fingerprint density at radius 2 is 2.14 bits per heavy atom. The fourth-order valence-corrected chi connectivity index (χ4v) is 1.79. The summed E-state index contributed by atoms with van der Waals surface area (Å²) in [6.07, 6.45) is 1.83. The second kappa shape index (κ2) is 4.55. The van der Waals surface area contributed by atoms with Crippen LogP contribution in [0.5, 0.6) is 0 Å². The predicted molar refractivity (Wildman–Crippen MR) is 58.2 cm³/mol. The number of thiazole rings is 1. The van der Waals surface area contributed by atoms with Crippen LogP contribution in [0.1, 0.15) is 36.7 Å². The first-order chi connectivity index (χ1) is 6.50. The van der Waals surface area contributed by atoms with E-state index in [0.717, 1.165) is 5.01 Å². The van der Waals surface area contributed by atoms with E-state index in [1.807, 2.05) is 33.9 Å². The molecule has 0 aliphatic rings. The van der Waals surface area contributed by atoms with Crippen molar-refractivity contribution in [2.75, 3.05) is 0 Å². The molecule has 4 heteroatoms. The molecular formula is C10H16N2OS. The topological polar surface area (TPSA) is 42.0 Å². The Morgan fingerprint density at radius 1 is 1.50 bits per heavy atom. The first-order valence-corrected chi connectivity index (χ1v) is 5.55. The lowest BCUT2D eigenvalue weighted by atomic mass is 10.2. The van der Waals surface area contributed by atoms with Crippen LogP contribution in [-0.2, 0) is 4.79 Å². The first-order valence-electron chi connectivity index (χ1n) is 4.73. The Bertz CT molecular complexity index is 320. The Morgan fingerprint density at radius 3 is 2.57 bits per heavy atom. The Balaban J connectivity index is 2.59. The van der Waals surface area contributed by atoms with E-state index in [1.165, 1.54) is 4.88 Å². The Kier molecular flexibility index (Phi) is 3.63. The zero-order valence-corrected chi connectivity index (χ0v) is 9.81. The minimum absolute atomic E-state index is 0.0172. The lowest BCUT2D eigenvalue weighted by Crippen LogP contribution is -2.30. The smallest absolute Gasteiger partial charge is 0.223 e. The molecule has 0 saturated heterocycles. The van der Waals surface area contributed by atoms with E-state index in [9.17, 15) is 4.79 Å². The molecule has 0 radical (unpaired) electrons. The quantitative estimate of drug-likeness (QED) is 0.835. The van der Waals surface area contributed by atoms with E-state index in [2.05, 4.69) is 10.3 Å². The van der Waals surface area contributed by atoms with Gasteiger partial charge in [0.05, 0.1) is 6.04 Å². The summed E-state index contributed by atoms with van der Waals surface area (Å²) < 4.78 is 0. The summed E-state index contributed by atoms with van der Waals surface area (Å²) in [5.41, 5.74) is 0. The van der Waals surface area contributed by atoms with Crippen LogP contribution < -0.4 is 5.32 Å². The van der Waals surface area contributed by atoms with Gasteiger partial charge in [-0.3, -0.25) is 4.79 Å². The minimum Gasteiger partial charge on any atom is -0.347 e. The third kappa shape index (κ3) is 2.80. The molecule has 0 aliphatic heterocycles. The van der Waals surface area contributed by atoms with Crippen LogP contribution in [0.4, 0.5) is 0 Å². The van der Waals surface area contributed by atoms with E-state index in [0.29, 0.717) is 0 Å². The van der Waals surface area contributed by atoms with Gasteiger partial charge in [-0.25, -0.2) is 4.98 Å². The highest BCUT2D eigenvalue weighted by atomic mass is 32.1. The molecule has 1 N–H and O–H groups in total. The van der Waals surface area contributed by atoms with Crippen LogP contribution in [-0.4, -0.2) is 10.9 Å². The monoisotopic (exact) mass is 212 g/mol. The van der Waals surface area contributed by atoms with Gasteiger partial charge in [0.2, 0.25) is 5.91 Å². The van der Waals surface area contributed by atoms with Crippen molar-refractivity contribution in [3.05, 3.63) is 16.1 Å². The third-order valence-corrected chi connectivity index (χ3v) is 2.99. The second-order valence-corrected chi connectivity index (χ2v) is 4.96. The fourth-order valence-electron chi connectivity index (χ4n) is 1.01. The number of carbonyl (C=O) groups excluding carboxylic acids is 1. The average Bonchev–Trinajstić information content (AvgIpc) is 2.51. The maximum absolute atomic E-state index is 11.4. The van der Waals surface area contributed by atoms with E-state index >= 15 is 0 Å². The number of amides is 1. The van der Waals surface area contributed by atoms with Crippen molar-refractivity contribution in [2.45, 2.75) is 33.7 Å². The highest BCUT2D eigenvalue weighted by Crippen LogP contribution is 2.19. The maximum atomic E-state index is 11.4. The minimum atomic E-state index is 0.0172. The van der Waals surface area contributed by atoms with Crippen molar-refractivity contribution in [1.29, 1.82) is 0 Å². The SMILES string of the molecule is Cc1cnc(C(C)NC(=O)C(C)C)s1. The molecule has 3 nitrogen and oxygen atoms in total. The molecule has 0 aliphatic carbocycles. The molecule has 1 atom stereocenters. The zero-order chi connectivity index (χ0) is 10.7. The number of hydrogen-bond donors (Lipinski definition) is 1. The van der Waals surface area contributed by atoms with E-state index in [4.69, 9.17) is 0 Å². The first kappa shape index (κ1) is 11.2. The molecular weight excluding hydrogens is 196 g/mol. The molecule has 1 unspecified atom stereocenters. The molecule has 0 spiro atoms. The standard InChI is InChI=1S/C10H16N2OS/c1-6(2)9(13)12-8(4)10-11-5-7(3)14-10/h5-6,8H,1-4H3,(H,12,13). The van der Waals surface area contributed by atoms with Crippen LogP contribution in [0, 0.1) is 12.8 Å². The predicted octanol–water partition coefficient (Wildman–Crippen LogP) is 2.28. The van der Waals surface area contributed by atoms with Crippen LogP contribution >= 0.6 is 11.3 Å². The van der Waals surface area contributed by atoms with Crippen LogP contribution in [0.2, 0.25) is 0 Å². The fraction of sp³-hybridized carbons (Fsp3) is 0.600. The molecule has 14 heavy (non-hydrogen) atoms. The van der Waals surface area contributed by atoms with Crippen LogP contribution in [0.25, 0.3) is 0 Å². The van der Waals surface area contributed by atoms with E-state index in [-0.39, 0.29) is 17.9 Å². The van der Waals surface area contributed by atoms with Gasteiger partial charge in [-0.05, 0) is 13.8 Å². The number of rotatable bonds is 3. The molecule has 1 heterocycles. The molecule has 78 valence electrons. The van der Waals surface area contributed by atoms with Gasteiger partial charge in [-0.2, -0.15) is 0 Å². The van der Waals surface area contributed by atoms with Gasteiger partial charge >= 0.3 is 0 Å². The molecule has 0 aromatic carbocycles. The van der Waals surface area contributed by atoms with Crippen molar-refractivity contribution < 1.29 is 4.79 Å². The number of nitrogens with one attached hydrogen (secondary N) is 1. The van der Waals surface area contributed by atoms with Crippen molar-refractivity contribution >= 4 is 17.2 Å². The number of aryl methyl sites for hydroxylation is 1. The third-order valence-electron chi connectivity index (χ3n) is 1.89. The molecule has 1 rings (SSSR count). The Labute approximate surface area is 88.6 Å². The molecule has 0 bridgehead atoms. The summed E-state index contributed by atoms with van der Waals surface area (Å²) in [7, 11) is 0. The van der Waals surface area contributed by atoms with E-state index < -0.39 is 0 Å². The summed E-state index contributed by atoms with van der Waals surface area (Å²) in [6.45, 7) is 7.74. The Hall–Kier alpha value is -0.900. The van der Waals surface area contributed by atoms with Crippen LogP contribution in [0.15, 0.2) is 6.20 Å². The second-order valence-electron chi connectivity index (χ2n) is 3.69. The molecule has 0 fully saturated rings. The summed E-state index contributed by atoms with van der Waals surface area (Å²) in [6, 6.07) is 0.0172. The summed E-state index contributed by atoms with van der Waals surface area (Å²) in [5, 5.41) is 3.89. The molecule has 1 aromatic heterocycles. The number of carbonyl (C=O) groups is 1. The van der Waals surface area contributed by atoms with Gasteiger partial charge in [-0.15, -0.1) is 11.3 Å². The lowest BCUT2D eigenvalue weighted by molar-refractivity contribution is -0.124. The number of nitrogens with zero attached hydrogens (tertiary/aromatic N) is 1. The molecule has 1 aromatic rings.